The lowest BCUT2D eigenvalue weighted by Crippen LogP contribution is -2.38. The van der Waals surface area contributed by atoms with Gasteiger partial charge in [-0.25, -0.2) is 0 Å². The number of carbonyl (C=O) groups excluding carboxylic acids is 13. The summed E-state index contributed by atoms with van der Waals surface area (Å²) in [6.07, 6.45) is 14.6. The fraction of sp³-hybridized carbons (Fsp3) is 0.833. The Morgan fingerprint density at radius 3 is 0.891 bits per heavy atom. The van der Waals surface area contributed by atoms with Gasteiger partial charge in [0, 0.05) is 29.7 Å². The van der Waals surface area contributed by atoms with Gasteiger partial charge in [0.05, 0.1) is 122 Å². The Bertz CT molecular complexity index is 4050. The van der Waals surface area contributed by atoms with Crippen molar-refractivity contribution in [1.29, 1.82) is 21.0 Å². The highest BCUT2D eigenvalue weighted by Crippen LogP contribution is 2.68. The van der Waals surface area contributed by atoms with E-state index in [1.54, 1.807) is 55.4 Å². The van der Waals surface area contributed by atoms with Gasteiger partial charge in [0.2, 0.25) is 11.8 Å². The molecule has 8 aliphatic heterocycles. The number of hydrogen-bond acceptors (Lipinski definition) is 26. The molecule has 27 nitrogen and oxygen atoms in total. The van der Waals surface area contributed by atoms with Crippen LogP contribution in [0, 0.1) is 218 Å². The highest BCUT2D eigenvalue weighted by molar-refractivity contribution is 6.04. The minimum Gasteiger partial charge on any atom is -0.468 e. The number of nitrogens with zero attached hydrogens (tertiary/aromatic N) is 5. The summed E-state index contributed by atoms with van der Waals surface area (Å²) in [6, 6.07) is 7.93. The molecule has 16 rings (SSSR count). The Morgan fingerprint density at radius 1 is 0.411 bits per heavy atom. The number of rotatable bonds is 5. The third-order valence-corrected chi connectivity index (χ3v) is 34.5. The Labute approximate surface area is 770 Å². The molecule has 8 saturated heterocycles. The van der Waals surface area contributed by atoms with E-state index in [9.17, 15) is 62.3 Å². The topological polar surface area (TPSA) is 403 Å². The lowest BCUT2D eigenvalue weighted by atomic mass is 9.65. The zero-order valence-corrected chi connectivity index (χ0v) is 84.4. The predicted molar refractivity (Wildman–Crippen MR) is 480 cm³/mol. The molecule has 27 heteroatoms. The average molecular weight is 1810 g/mol. The van der Waals surface area contributed by atoms with Crippen molar-refractivity contribution in [2.24, 2.45) is 173 Å². The number of esters is 11. The molecule has 0 aromatic rings. The monoisotopic (exact) mass is 1810 g/mol. The van der Waals surface area contributed by atoms with Crippen LogP contribution in [0.25, 0.3) is 0 Å². The molecule has 8 heterocycles. The Kier molecular flexibility index (Phi) is 37.5. The van der Waals surface area contributed by atoms with Crippen LogP contribution in [-0.2, 0) is 105 Å². The van der Waals surface area contributed by atoms with Crippen molar-refractivity contribution < 1.29 is 105 Å². The summed E-state index contributed by atoms with van der Waals surface area (Å²) in [7, 11) is 2.82. The summed E-state index contributed by atoms with van der Waals surface area (Å²) < 4.78 is 43.9. The number of cyclic esters (lactones) is 10. The van der Waals surface area contributed by atoms with Crippen molar-refractivity contribution in [3.63, 3.8) is 0 Å². The fourth-order valence-electron chi connectivity index (χ4n) is 21.6. The molecule has 8 bridgehead atoms. The summed E-state index contributed by atoms with van der Waals surface area (Å²) in [5.74, 6) is 6.82. The van der Waals surface area contributed by atoms with Crippen LogP contribution in [-0.4, -0.2) is 128 Å². The highest BCUT2D eigenvalue weighted by atomic mass is 16.7. The molecule has 724 valence electrons. The molecule has 2 amide bonds. The summed E-state index contributed by atoms with van der Waals surface area (Å²) in [6.45, 7) is 64.7. The van der Waals surface area contributed by atoms with Crippen LogP contribution in [0.3, 0.4) is 0 Å². The molecule has 8 aliphatic carbocycles. The second kappa shape index (κ2) is 43.3. The number of nitriles is 4. The lowest BCUT2D eigenvalue weighted by molar-refractivity contribution is -0.158. The van der Waals surface area contributed by atoms with Crippen LogP contribution in [0.2, 0.25) is 0 Å². The molecular weight excluding hydrogens is 1650 g/mol. The van der Waals surface area contributed by atoms with E-state index in [2.05, 4.69) is 117 Å². The number of hydrogen-bond donors (Lipinski definition) is 0. The van der Waals surface area contributed by atoms with E-state index in [-0.39, 0.29) is 118 Å². The van der Waals surface area contributed by atoms with E-state index < -0.39 is 51.0 Å². The van der Waals surface area contributed by atoms with Crippen molar-refractivity contribution in [2.45, 2.75) is 342 Å². The molecule has 129 heavy (non-hydrogen) atoms. The van der Waals surface area contributed by atoms with Crippen molar-refractivity contribution in [1.82, 2.24) is 4.90 Å². The molecular formula is C102H159N5O22. The minimum absolute atomic E-state index is 0.0393. The molecule has 16 fully saturated rings. The lowest BCUT2D eigenvalue weighted by Gasteiger charge is -2.38. The number of methoxy groups -OCH3 is 1. The molecule has 28 atom stereocenters. The summed E-state index contributed by atoms with van der Waals surface area (Å²) >= 11 is 0. The van der Waals surface area contributed by atoms with E-state index in [0.29, 0.717) is 116 Å². The molecule has 4 spiro atoms. The van der Waals surface area contributed by atoms with Gasteiger partial charge in [0.1, 0.15) is 5.41 Å². The maximum atomic E-state index is 11.8. The molecule has 0 aromatic heterocycles. The van der Waals surface area contributed by atoms with Crippen molar-refractivity contribution in [2.75, 3.05) is 27.4 Å². The van der Waals surface area contributed by atoms with Gasteiger partial charge in [-0.2, -0.15) is 21.0 Å². The van der Waals surface area contributed by atoms with Gasteiger partial charge in [-0.05, 0) is 245 Å². The predicted octanol–water partition coefficient (Wildman–Crippen LogP) is 18.6. The van der Waals surface area contributed by atoms with Crippen LogP contribution >= 0.6 is 0 Å². The van der Waals surface area contributed by atoms with Crippen LogP contribution < -0.4 is 0 Å². The van der Waals surface area contributed by atoms with E-state index in [0.717, 1.165) is 79.4 Å². The second-order valence-corrected chi connectivity index (χ2v) is 44.8. The third-order valence-electron chi connectivity index (χ3n) is 34.5. The minimum atomic E-state index is -0.964. The van der Waals surface area contributed by atoms with Gasteiger partial charge in [0.25, 0.3) is 0 Å². The van der Waals surface area contributed by atoms with Crippen molar-refractivity contribution >= 4 is 77.5 Å². The van der Waals surface area contributed by atoms with E-state index in [4.69, 9.17) is 49.5 Å². The fourth-order valence-corrected chi connectivity index (χ4v) is 21.6. The maximum absolute atomic E-state index is 11.8. The van der Waals surface area contributed by atoms with Gasteiger partial charge < -0.3 is 42.6 Å². The summed E-state index contributed by atoms with van der Waals surface area (Å²) in [5.41, 5.74) is -1.84. The van der Waals surface area contributed by atoms with E-state index in [1.165, 1.54) is 44.7 Å². The molecule has 16 aliphatic rings. The molecule has 8 saturated carbocycles. The van der Waals surface area contributed by atoms with Crippen LogP contribution in [0.5, 0.6) is 0 Å². The third kappa shape index (κ3) is 25.1. The number of fused-ring (bicyclic) bond motifs is 12. The number of amides is 2. The van der Waals surface area contributed by atoms with Gasteiger partial charge >= 0.3 is 65.7 Å². The second-order valence-electron chi connectivity index (χ2n) is 44.8. The SMILES string of the molecule is CC(C)(C)C(C)(C)C.CC1C(=O)N(C)C(=O)C1C.CC1C(=O)OC(=O)C1C.CC1C2CC(C1C)C1(CC(=O)OC1=O)C2.CC1C2CC(C1C)C1(CC(=O)OC1=O)C2.CC1C2CC(C1C)C1(COC(=O)C1)C2.CC1C2CC(C1C)C1(COC(=O)C1)C2.CC1OC(C)(C)OC1C.CCC(C)(C#N)C#N.CCC(C)(C#N)C(=O)OC.CCC(C)(C)C#N.CCC1(C)CC(=O)OC1=O. The first-order valence-electron chi connectivity index (χ1n) is 47.5. The van der Waals surface area contributed by atoms with Gasteiger partial charge in [-0.3, -0.25) is 67.2 Å². The molecule has 0 N–H and O–H groups in total. The average Bonchev–Trinajstić information content (AvgIpc) is 1.57. The van der Waals surface area contributed by atoms with Crippen molar-refractivity contribution in [3.05, 3.63) is 0 Å². The first-order valence-corrected chi connectivity index (χ1v) is 47.5. The number of carbonyl (C=O) groups is 13. The number of imide groups is 1. The summed E-state index contributed by atoms with van der Waals surface area (Å²) in [4.78, 5) is 145. The smallest absolute Gasteiger partial charge is 0.325 e. The van der Waals surface area contributed by atoms with Gasteiger partial charge in [-0.15, -0.1) is 0 Å². The Morgan fingerprint density at radius 2 is 0.744 bits per heavy atom. The number of ether oxygens (including phenoxy) is 9. The van der Waals surface area contributed by atoms with Crippen LogP contribution in [0.15, 0.2) is 0 Å². The highest BCUT2D eigenvalue weighted by Gasteiger charge is 2.68. The van der Waals surface area contributed by atoms with Crippen molar-refractivity contribution in [3.8, 4) is 24.3 Å². The van der Waals surface area contributed by atoms with Crippen LogP contribution in [0.1, 0.15) is 324 Å². The van der Waals surface area contributed by atoms with Gasteiger partial charge in [-0.1, -0.05) is 152 Å². The van der Waals surface area contributed by atoms with Crippen LogP contribution in [0.4, 0.5) is 0 Å². The van der Waals surface area contributed by atoms with E-state index >= 15 is 0 Å². The molecule has 0 aromatic carbocycles. The maximum Gasteiger partial charge on any atom is 0.325 e. The normalized spacial score (nSPS) is 38.1. The number of likely N-dealkylation sites (tertiary alicyclic amines) is 1. The summed E-state index contributed by atoms with van der Waals surface area (Å²) in [5, 5.41) is 33.5. The van der Waals surface area contributed by atoms with Gasteiger partial charge in [0.15, 0.2) is 11.2 Å². The first kappa shape index (κ1) is 112. The largest absolute Gasteiger partial charge is 0.468 e. The Balaban J connectivity index is 0.000000252. The zero-order valence-electron chi connectivity index (χ0n) is 84.4. The first-order chi connectivity index (χ1) is 59.3. The Hall–Kier alpha value is -8.01. The standard InChI is InChI=1S/2C12H16O3.2C12H18O2.C8H18.2C7H11NO2.C7H10O3.C7H14O2.C6H8N2.C6H11N.C6H8O3/c2*1-6-7(2)9-3-8(6)4-12(9)5-10(13)15-11(12)14;2*1-7-8(2)10-3-9(7)4-12(10)5-11(13)14-6-12;1-7(2,3)8(4,5)6;1-4-5(2)7(10)8(3)6(4)9;1-4-7(2,5-8)6(9)10-3;1-3-7(2)4-5(8)10-6(7)9;1-5-6(2)9-7(3,4)8-5;1-3-6(2,4-7)5-8;1-4-6(2,3)5-7;1-3-4(2)6(8)9-5(3)7/h2*6-9H,3-5H2,1-2H3;2*7-10H,3-6H2,1-2H3;1-6H3;4-5H,1-3H3;4H2,1-3H3;3-4H2,1-2H3;5-6H,1-4H3;3H2,1-2H3;4H2,1-3H3;3-4H,1-2H3. The quantitative estimate of drug-likeness (QED) is 0.107. The molecule has 28 unspecified atom stereocenters. The molecule has 0 radical (unpaired) electrons. The van der Waals surface area contributed by atoms with E-state index in [1.807, 2.05) is 80.5 Å². The zero-order chi connectivity index (χ0) is 98.9.